The summed E-state index contributed by atoms with van der Waals surface area (Å²) < 4.78 is 11.9. The number of halogens is 1. The first kappa shape index (κ1) is 38.3. The number of aryl methyl sites for hydroxylation is 1. The van der Waals surface area contributed by atoms with E-state index in [0.29, 0.717) is 39.6 Å². The Morgan fingerprint density at radius 3 is 2.35 bits per heavy atom. The number of fused-ring (bicyclic) bond motifs is 1. The molecule has 54 heavy (non-hydrogen) atoms. The summed E-state index contributed by atoms with van der Waals surface area (Å²) in [6.07, 6.45) is 1.83. The number of carbonyl (C=O) groups excluding carboxylic acids is 3. The molecular formula is C45H46ClN3O5. The minimum absolute atomic E-state index is 0.0380. The van der Waals surface area contributed by atoms with Crippen LogP contribution >= 0.6 is 11.6 Å². The van der Waals surface area contributed by atoms with Gasteiger partial charge >= 0.3 is 6.09 Å². The van der Waals surface area contributed by atoms with Crippen LogP contribution in [0, 0.1) is 0 Å². The standard InChI is InChI=1S/C45H46ClN3O5/c1-6-39(48-40-24-20-30-15-10-11-18-35(30)40)43(51)49-42(50)37-22-19-32(29-13-8-7-9-14-29)26-38(37)36-23-21-33(46)27-41(36)53-34-17-12-16-31(25-34)28(2)47-44(52)54-45(3,4)5/h7-19,21-23,25-28,39-40,48H,6,20,24H2,1-5H3,(H,47,52)(H,49,50,51)/t28-,39?,40+/m0/s1. The van der Waals surface area contributed by atoms with Crippen LogP contribution in [0.3, 0.4) is 0 Å². The van der Waals surface area contributed by atoms with Crippen LogP contribution in [0.1, 0.15) is 86.6 Å². The number of hydrogen-bond donors (Lipinski definition) is 3. The molecule has 0 heterocycles. The molecule has 5 aromatic carbocycles. The van der Waals surface area contributed by atoms with Crippen molar-refractivity contribution in [1.82, 2.24) is 16.0 Å². The van der Waals surface area contributed by atoms with Crippen LogP contribution in [0.5, 0.6) is 11.5 Å². The SMILES string of the molecule is CCC(N[C@@H]1CCc2ccccc21)C(=O)NC(=O)c1ccc(-c2ccccc2)cc1-c1ccc(Cl)cc1Oc1cccc([C@H](C)NC(=O)OC(C)(C)C)c1. The number of alkyl carbamates (subject to hydrolysis) is 1. The van der Waals surface area contributed by atoms with Gasteiger partial charge in [-0.15, -0.1) is 0 Å². The van der Waals surface area contributed by atoms with Crippen LogP contribution < -0.4 is 20.7 Å². The molecule has 5 aromatic rings. The average Bonchev–Trinajstić information content (AvgIpc) is 3.56. The molecule has 0 saturated carbocycles. The zero-order valence-corrected chi connectivity index (χ0v) is 32.0. The summed E-state index contributed by atoms with van der Waals surface area (Å²) in [4.78, 5) is 40.3. The topological polar surface area (TPSA) is 106 Å². The summed E-state index contributed by atoms with van der Waals surface area (Å²) in [7, 11) is 0. The van der Waals surface area contributed by atoms with Crippen molar-refractivity contribution in [3.8, 4) is 33.8 Å². The van der Waals surface area contributed by atoms with Crippen LogP contribution in [0.2, 0.25) is 5.02 Å². The monoisotopic (exact) mass is 743 g/mol. The van der Waals surface area contributed by atoms with E-state index >= 15 is 0 Å². The summed E-state index contributed by atoms with van der Waals surface area (Å²) in [6.45, 7) is 9.23. The number of nitrogens with one attached hydrogen (secondary N) is 3. The Morgan fingerprint density at radius 2 is 1.59 bits per heavy atom. The minimum Gasteiger partial charge on any atom is -0.457 e. The maximum absolute atomic E-state index is 14.1. The second-order valence-electron chi connectivity index (χ2n) is 14.5. The summed E-state index contributed by atoms with van der Waals surface area (Å²) >= 11 is 6.54. The van der Waals surface area contributed by atoms with Gasteiger partial charge in [0.1, 0.15) is 17.1 Å². The van der Waals surface area contributed by atoms with E-state index in [0.717, 1.165) is 29.5 Å². The van der Waals surface area contributed by atoms with E-state index in [1.54, 1.807) is 18.2 Å². The van der Waals surface area contributed by atoms with Gasteiger partial charge in [0.15, 0.2) is 0 Å². The highest BCUT2D eigenvalue weighted by atomic mass is 35.5. The molecule has 0 fully saturated rings. The number of carbonyl (C=O) groups is 3. The third kappa shape index (κ3) is 9.37. The number of ether oxygens (including phenoxy) is 2. The molecule has 0 spiro atoms. The predicted molar refractivity (Wildman–Crippen MR) is 214 cm³/mol. The number of imide groups is 1. The van der Waals surface area contributed by atoms with Crippen molar-refractivity contribution in [2.45, 2.75) is 77.6 Å². The van der Waals surface area contributed by atoms with E-state index in [1.807, 2.05) is 120 Å². The molecular weight excluding hydrogens is 698 g/mol. The van der Waals surface area contributed by atoms with Crippen LogP contribution in [0.4, 0.5) is 4.79 Å². The molecule has 3 amide bonds. The van der Waals surface area contributed by atoms with Crippen molar-refractivity contribution in [3.63, 3.8) is 0 Å². The van der Waals surface area contributed by atoms with E-state index in [9.17, 15) is 14.4 Å². The zero-order valence-electron chi connectivity index (χ0n) is 31.2. The lowest BCUT2D eigenvalue weighted by molar-refractivity contribution is -0.122. The summed E-state index contributed by atoms with van der Waals surface area (Å²) in [5.74, 6) is 0.000635. The molecule has 6 rings (SSSR count). The first-order chi connectivity index (χ1) is 25.9. The van der Waals surface area contributed by atoms with Gasteiger partial charge in [-0.2, -0.15) is 0 Å². The molecule has 0 bridgehead atoms. The van der Waals surface area contributed by atoms with Crippen molar-refractivity contribution in [2.75, 3.05) is 0 Å². The van der Waals surface area contributed by atoms with Gasteiger partial charge in [0.2, 0.25) is 5.91 Å². The quantitative estimate of drug-likeness (QED) is 0.124. The number of amides is 3. The smallest absolute Gasteiger partial charge is 0.408 e. The van der Waals surface area contributed by atoms with Gasteiger partial charge in [0.05, 0.1) is 12.1 Å². The van der Waals surface area contributed by atoms with E-state index in [2.05, 4.69) is 28.1 Å². The van der Waals surface area contributed by atoms with Crippen LogP contribution in [-0.4, -0.2) is 29.6 Å². The van der Waals surface area contributed by atoms with Gasteiger partial charge in [0.25, 0.3) is 5.91 Å². The lowest BCUT2D eigenvalue weighted by atomic mass is 9.93. The third-order valence-corrected chi connectivity index (χ3v) is 9.66. The molecule has 3 atom stereocenters. The molecule has 0 aromatic heterocycles. The van der Waals surface area contributed by atoms with Crippen LogP contribution in [-0.2, 0) is 16.0 Å². The lowest BCUT2D eigenvalue weighted by Crippen LogP contribution is -2.47. The number of benzene rings is 5. The Hall–Kier alpha value is -5.44. The van der Waals surface area contributed by atoms with Crippen LogP contribution in [0.25, 0.3) is 22.3 Å². The third-order valence-electron chi connectivity index (χ3n) is 9.42. The maximum Gasteiger partial charge on any atom is 0.408 e. The average molecular weight is 744 g/mol. The van der Waals surface area contributed by atoms with E-state index in [4.69, 9.17) is 21.1 Å². The fraction of sp³-hybridized carbons (Fsp3) is 0.267. The summed E-state index contributed by atoms with van der Waals surface area (Å²) in [5.41, 5.74) is 5.97. The van der Waals surface area contributed by atoms with Gasteiger partial charge in [0, 0.05) is 28.3 Å². The second kappa shape index (κ2) is 16.7. The van der Waals surface area contributed by atoms with Crippen molar-refractivity contribution in [1.29, 1.82) is 0 Å². The van der Waals surface area contributed by atoms with E-state index in [-0.39, 0.29) is 18.0 Å². The Bertz CT molecular complexity index is 2150. The molecule has 3 N–H and O–H groups in total. The predicted octanol–water partition coefficient (Wildman–Crippen LogP) is 10.4. The van der Waals surface area contributed by atoms with Crippen LogP contribution in [0.15, 0.2) is 115 Å². The van der Waals surface area contributed by atoms with Crippen molar-refractivity contribution >= 4 is 29.5 Å². The van der Waals surface area contributed by atoms with Gasteiger partial charge in [-0.25, -0.2) is 4.79 Å². The molecule has 278 valence electrons. The lowest BCUT2D eigenvalue weighted by Gasteiger charge is -2.22. The van der Waals surface area contributed by atoms with Crippen molar-refractivity contribution < 1.29 is 23.9 Å². The molecule has 8 nitrogen and oxygen atoms in total. The fourth-order valence-corrected chi connectivity index (χ4v) is 6.90. The first-order valence-corrected chi connectivity index (χ1v) is 18.7. The highest BCUT2D eigenvalue weighted by Crippen LogP contribution is 2.40. The highest BCUT2D eigenvalue weighted by molar-refractivity contribution is 6.30. The van der Waals surface area contributed by atoms with Crippen molar-refractivity contribution in [3.05, 3.63) is 143 Å². The molecule has 1 unspecified atom stereocenters. The summed E-state index contributed by atoms with van der Waals surface area (Å²) in [6, 6.07) is 35.4. The molecule has 1 aliphatic rings. The maximum atomic E-state index is 14.1. The zero-order chi connectivity index (χ0) is 38.4. The van der Waals surface area contributed by atoms with Crippen molar-refractivity contribution in [2.24, 2.45) is 0 Å². The van der Waals surface area contributed by atoms with Gasteiger partial charge in [-0.1, -0.05) is 91.3 Å². The molecule has 1 aliphatic carbocycles. The second-order valence-corrected chi connectivity index (χ2v) is 15.0. The Morgan fingerprint density at radius 1 is 0.833 bits per heavy atom. The van der Waals surface area contributed by atoms with Gasteiger partial charge in [-0.3, -0.25) is 20.2 Å². The van der Waals surface area contributed by atoms with E-state index < -0.39 is 23.6 Å². The number of hydrogen-bond acceptors (Lipinski definition) is 6. The largest absolute Gasteiger partial charge is 0.457 e. The Balaban J connectivity index is 1.30. The summed E-state index contributed by atoms with van der Waals surface area (Å²) in [5, 5.41) is 9.50. The normalized spacial score (nSPS) is 14.7. The molecule has 0 aliphatic heterocycles. The molecule has 0 saturated heterocycles. The Labute approximate surface area is 322 Å². The molecule has 9 heteroatoms. The first-order valence-electron chi connectivity index (χ1n) is 18.3. The Kier molecular flexibility index (Phi) is 11.8. The van der Waals surface area contributed by atoms with Gasteiger partial charge < -0.3 is 14.8 Å². The highest BCUT2D eigenvalue weighted by Gasteiger charge is 2.29. The number of rotatable bonds is 11. The van der Waals surface area contributed by atoms with E-state index in [1.165, 1.54) is 11.1 Å². The molecule has 0 radical (unpaired) electrons. The minimum atomic E-state index is -0.629. The fourth-order valence-electron chi connectivity index (χ4n) is 6.74. The van der Waals surface area contributed by atoms with Gasteiger partial charge in [-0.05, 0) is 117 Å².